The number of nitrogens with two attached hydrogens (primary N) is 1. The number of carbonyl (C=O) groups excluding carboxylic acids is 1. The van der Waals surface area contributed by atoms with Crippen molar-refractivity contribution >= 4 is 18.3 Å². The maximum atomic E-state index is 11.7. The predicted molar refractivity (Wildman–Crippen MR) is 85.4 cm³/mol. The van der Waals surface area contributed by atoms with Gasteiger partial charge in [-0.15, -0.1) is 12.4 Å². The average Bonchev–Trinajstić information content (AvgIpc) is 2.45. The van der Waals surface area contributed by atoms with E-state index in [-0.39, 0.29) is 36.9 Å². The molecule has 1 rings (SSSR count). The van der Waals surface area contributed by atoms with Gasteiger partial charge in [0.1, 0.15) is 0 Å². The first kappa shape index (κ1) is 19.9. The lowest BCUT2D eigenvalue weighted by molar-refractivity contribution is -0.124. The van der Waals surface area contributed by atoms with Gasteiger partial charge in [0.05, 0.1) is 25.7 Å². The zero-order chi connectivity index (χ0) is 14.8. The van der Waals surface area contributed by atoms with Gasteiger partial charge in [0, 0.05) is 19.7 Å². The Kier molecular flexibility index (Phi) is 10.9. The van der Waals surface area contributed by atoms with Crippen molar-refractivity contribution in [2.24, 2.45) is 5.73 Å². The third-order valence-electron chi connectivity index (χ3n) is 2.90. The van der Waals surface area contributed by atoms with Crippen LogP contribution < -0.4 is 11.1 Å². The van der Waals surface area contributed by atoms with Gasteiger partial charge in [-0.1, -0.05) is 30.3 Å². The standard InChI is InChI=1S/C15H24N2O3.ClH/c1-12(17-15(18)8-14(9-16)19-2)10-20-11-13-6-4-3-5-7-13;/h3-7,12,14H,8-11,16H2,1-2H3,(H,17,18);1H. The Morgan fingerprint density at radius 3 is 2.57 bits per heavy atom. The van der Waals surface area contributed by atoms with E-state index in [4.69, 9.17) is 15.2 Å². The molecule has 0 fully saturated rings. The van der Waals surface area contributed by atoms with Crippen LogP contribution in [0.5, 0.6) is 0 Å². The van der Waals surface area contributed by atoms with E-state index in [9.17, 15) is 4.79 Å². The first-order chi connectivity index (χ1) is 9.65. The van der Waals surface area contributed by atoms with Crippen LogP contribution in [0.2, 0.25) is 0 Å². The quantitative estimate of drug-likeness (QED) is 0.724. The zero-order valence-corrected chi connectivity index (χ0v) is 13.4. The molecule has 120 valence electrons. The first-order valence-electron chi connectivity index (χ1n) is 6.79. The number of amides is 1. The Morgan fingerprint density at radius 1 is 1.33 bits per heavy atom. The van der Waals surface area contributed by atoms with Crippen molar-refractivity contribution in [3.63, 3.8) is 0 Å². The van der Waals surface area contributed by atoms with Crippen LogP contribution >= 0.6 is 12.4 Å². The molecule has 0 radical (unpaired) electrons. The molecule has 21 heavy (non-hydrogen) atoms. The predicted octanol–water partition coefficient (Wildman–Crippen LogP) is 1.49. The van der Waals surface area contributed by atoms with Crippen molar-refractivity contribution in [1.82, 2.24) is 5.32 Å². The Balaban J connectivity index is 0.00000400. The van der Waals surface area contributed by atoms with Crippen molar-refractivity contribution in [1.29, 1.82) is 0 Å². The molecular weight excluding hydrogens is 292 g/mol. The van der Waals surface area contributed by atoms with Gasteiger partial charge in [0.25, 0.3) is 0 Å². The minimum Gasteiger partial charge on any atom is -0.380 e. The van der Waals surface area contributed by atoms with Crippen LogP contribution in [0.3, 0.4) is 0 Å². The summed E-state index contributed by atoms with van der Waals surface area (Å²) in [5.41, 5.74) is 6.60. The highest BCUT2D eigenvalue weighted by molar-refractivity contribution is 5.85. The van der Waals surface area contributed by atoms with Gasteiger partial charge in [-0.2, -0.15) is 0 Å². The Bertz CT molecular complexity index is 386. The second-order valence-electron chi connectivity index (χ2n) is 4.77. The van der Waals surface area contributed by atoms with Gasteiger partial charge >= 0.3 is 0 Å². The third-order valence-corrected chi connectivity index (χ3v) is 2.90. The van der Waals surface area contributed by atoms with E-state index in [1.54, 1.807) is 7.11 Å². The molecule has 3 N–H and O–H groups in total. The normalized spacial score (nSPS) is 13.1. The lowest BCUT2D eigenvalue weighted by atomic mass is 10.2. The number of rotatable bonds is 9. The van der Waals surface area contributed by atoms with Crippen molar-refractivity contribution < 1.29 is 14.3 Å². The molecule has 2 atom stereocenters. The van der Waals surface area contributed by atoms with Gasteiger partial charge in [0.15, 0.2) is 0 Å². The Labute approximate surface area is 132 Å². The molecule has 0 aliphatic carbocycles. The minimum atomic E-state index is -0.229. The molecule has 0 saturated heterocycles. The number of hydrogen-bond acceptors (Lipinski definition) is 4. The van der Waals surface area contributed by atoms with Crippen LogP contribution in [-0.2, 0) is 20.9 Å². The summed E-state index contributed by atoms with van der Waals surface area (Å²) in [6.45, 7) is 3.27. The fraction of sp³-hybridized carbons (Fsp3) is 0.533. The summed E-state index contributed by atoms with van der Waals surface area (Å²) >= 11 is 0. The molecule has 1 aromatic rings. The second-order valence-corrected chi connectivity index (χ2v) is 4.77. The topological polar surface area (TPSA) is 73.6 Å². The highest BCUT2D eigenvalue weighted by atomic mass is 35.5. The molecule has 0 aliphatic rings. The molecule has 1 aromatic carbocycles. The summed E-state index contributed by atoms with van der Waals surface area (Å²) < 4.78 is 10.6. The van der Waals surface area contributed by atoms with E-state index < -0.39 is 0 Å². The summed E-state index contributed by atoms with van der Waals surface area (Å²) in [4.78, 5) is 11.7. The van der Waals surface area contributed by atoms with E-state index in [2.05, 4.69) is 5.32 Å². The summed E-state index contributed by atoms with van der Waals surface area (Å²) in [5.74, 6) is -0.0712. The van der Waals surface area contributed by atoms with Crippen LogP contribution in [0.15, 0.2) is 30.3 Å². The van der Waals surface area contributed by atoms with E-state index in [0.717, 1.165) is 5.56 Å². The number of methoxy groups -OCH3 is 1. The van der Waals surface area contributed by atoms with Crippen molar-refractivity contribution in [3.05, 3.63) is 35.9 Å². The third kappa shape index (κ3) is 8.67. The molecule has 0 bridgehead atoms. The van der Waals surface area contributed by atoms with Crippen LogP contribution in [0, 0.1) is 0 Å². The molecule has 5 nitrogen and oxygen atoms in total. The van der Waals surface area contributed by atoms with Gasteiger partial charge in [-0.05, 0) is 12.5 Å². The highest BCUT2D eigenvalue weighted by Crippen LogP contribution is 2.01. The highest BCUT2D eigenvalue weighted by Gasteiger charge is 2.13. The van der Waals surface area contributed by atoms with Gasteiger partial charge in [-0.25, -0.2) is 0 Å². The van der Waals surface area contributed by atoms with Gasteiger partial charge < -0.3 is 20.5 Å². The molecular formula is C15H25ClN2O3. The van der Waals surface area contributed by atoms with E-state index in [0.29, 0.717) is 19.8 Å². The molecule has 6 heteroatoms. The fourth-order valence-corrected chi connectivity index (χ4v) is 1.77. The molecule has 0 heterocycles. The minimum absolute atomic E-state index is 0. The molecule has 1 amide bonds. The van der Waals surface area contributed by atoms with Crippen molar-refractivity contribution in [2.45, 2.75) is 32.1 Å². The van der Waals surface area contributed by atoms with Crippen molar-refractivity contribution in [2.75, 3.05) is 20.3 Å². The van der Waals surface area contributed by atoms with Gasteiger partial charge in [-0.3, -0.25) is 4.79 Å². The zero-order valence-electron chi connectivity index (χ0n) is 12.6. The molecule has 0 aromatic heterocycles. The molecule has 0 aliphatic heterocycles. The summed E-state index contributed by atoms with van der Waals surface area (Å²) in [5, 5.41) is 2.87. The smallest absolute Gasteiger partial charge is 0.222 e. The lowest BCUT2D eigenvalue weighted by Crippen LogP contribution is -2.39. The van der Waals surface area contributed by atoms with E-state index in [1.807, 2.05) is 37.3 Å². The largest absolute Gasteiger partial charge is 0.380 e. The monoisotopic (exact) mass is 316 g/mol. The summed E-state index contributed by atoms with van der Waals surface area (Å²) in [7, 11) is 1.55. The summed E-state index contributed by atoms with van der Waals surface area (Å²) in [6.07, 6.45) is 0.0446. The first-order valence-corrected chi connectivity index (χ1v) is 6.79. The average molecular weight is 317 g/mol. The van der Waals surface area contributed by atoms with Crippen molar-refractivity contribution in [3.8, 4) is 0 Å². The number of nitrogens with one attached hydrogen (secondary N) is 1. The molecule has 0 spiro atoms. The number of halogens is 1. The SMILES string of the molecule is COC(CN)CC(=O)NC(C)COCc1ccccc1.Cl. The Morgan fingerprint density at radius 2 is 2.00 bits per heavy atom. The molecule has 2 unspecified atom stereocenters. The van der Waals surface area contributed by atoms with Crippen LogP contribution in [0.1, 0.15) is 18.9 Å². The number of hydrogen-bond donors (Lipinski definition) is 2. The Hall–Kier alpha value is -1.14. The van der Waals surface area contributed by atoms with E-state index in [1.165, 1.54) is 0 Å². The van der Waals surface area contributed by atoms with E-state index >= 15 is 0 Å². The number of ether oxygens (including phenoxy) is 2. The maximum Gasteiger partial charge on any atom is 0.222 e. The number of carbonyl (C=O) groups is 1. The fourth-order valence-electron chi connectivity index (χ4n) is 1.77. The number of benzene rings is 1. The molecule has 0 saturated carbocycles. The van der Waals surface area contributed by atoms with Crippen LogP contribution in [0.25, 0.3) is 0 Å². The maximum absolute atomic E-state index is 11.7. The van der Waals surface area contributed by atoms with Gasteiger partial charge in [0.2, 0.25) is 5.91 Å². The van der Waals surface area contributed by atoms with Crippen LogP contribution in [-0.4, -0.2) is 38.3 Å². The van der Waals surface area contributed by atoms with Crippen LogP contribution in [0.4, 0.5) is 0 Å². The lowest BCUT2D eigenvalue weighted by Gasteiger charge is -2.17. The summed E-state index contributed by atoms with van der Waals surface area (Å²) in [6, 6.07) is 9.89. The second kappa shape index (κ2) is 11.5.